The molecule has 19 nitrogen and oxygen atoms in total. The maximum atomic E-state index is 13.9. The normalized spacial score (nSPS) is 17.4. The molecule has 19 heteroatoms. The number of rotatable bonds is 21. The molecule has 71 heavy (non-hydrogen) atoms. The number of nitrogens with zero attached hydrogens (tertiary/aromatic N) is 5. The lowest BCUT2D eigenvalue weighted by molar-refractivity contribution is -0.136. The summed E-state index contributed by atoms with van der Waals surface area (Å²) >= 11 is 0. The van der Waals surface area contributed by atoms with Crippen LogP contribution >= 0.6 is 0 Å². The average molecular weight is 964 g/mol. The van der Waals surface area contributed by atoms with Gasteiger partial charge in [-0.3, -0.25) is 39.1 Å². The van der Waals surface area contributed by atoms with Crippen molar-refractivity contribution in [3.05, 3.63) is 132 Å². The van der Waals surface area contributed by atoms with Gasteiger partial charge < -0.3 is 34.9 Å². The smallest absolute Gasteiger partial charge is 0.322 e. The zero-order valence-corrected chi connectivity index (χ0v) is 38.8. The summed E-state index contributed by atoms with van der Waals surface area (Å²) in [5.74, 6) is -1.87. The Morgan fingerprint density at radius 1 is 0.775 bits per heavy atom. The molecular weight excluding hydrogens is 911 g/mol. The van der Waals surface area contributed by atoms with E-state index in [1.807, 2.05) is 77.7 Å². The van der Waals surface area contributed by atoms with Crippen LogP contribution in [0.15, 0.2) is 109 Å². The maximum absolute atomic E-state index is 13.9. The minimum Gasteiger partial charge on any atom is -0.483 e. The minimum atomic E-state index is -1.12. The number of nitrogens with one attached hydrogen (secondary N) is 4. The number of piperidine rings is 1. The van der Waals surface area contributed by atoms with Gasteiger partial charge in [0.1, 0.15) is 30.3 Å². The molecule has 2 aromatic heterocycles. The molecule has 2 aliphatic heterocycles. The van der Waals surface area contributed by atoms with Crippen molar-refractivity contribution in [1.29, 1.82) is 5.26 Å². The van der Waals surface area contributed by atoms with Gasteiger partial charge in [0.25, 0.3) is 17.7 Å². The van der Waals surface area contributed by atoms with Crippen LogP contribution in [0.4, 0.5) is 16.3 Å². The number of hydrogen-bond donors (Lipinski definition) is 4. The molecule has 3 aliphatic rings. The number of carbonyl (C=O) groups excluding carboxylic acids is 6. The predicted molar refractivity (Wildman–Crippen MR) is 258 cm³/mol. The first-order valence-corrected chi connectivity index (χ1v) is 23.5. The van der Waals surface area contributed by atoms with Crippen LogP contribution in [-0.2, 0) is 30.4 Å². The van der Waals surface area contributed by atoms with E-state index in [1.54, 1.807) is 18.5 Å². The average Bonchev–Trinajstić information content (AvgIpc) is 3.65. The van der Waals surface area contributed by atoms with E-state index in [4.69, 9.17) is 24.2 Å². The summed E-state index contributed by atoms with van der Waals surface area (Å²) < 4.78 is 22.7. The van der Waals surface area contributed by atoms with Crippen LogP contribution in [0.3, 0.4) is 0 Å². The second-order valence-electron chi connectivity index (χ2n) is 17.0. The Morgan fingerprint density at radius 2 is 1.55 bits per heavy atom. The number of aromatic nitrogens is 2. The molecule has 1 saturated carbocycles. The number of imide groups is 2. The van der Waals surface area contributed by atoms with Crippen molar-refractivity contribution in [1.82, 2.24) is 30.8 Å². The van der Waals surface area contributed by atoms with Crippen LogP contribution < -0.4 is 35.6 Å². The summed E-state index contributed by atoms with van der Waals surface area (Å²) in [6, 6.07) is 30.5. The number of carbonyl (C=O) groups is 6. The highest BCUT2D eigenvalue weighted by molar-refractivity contribution is 6.24. The first kappa shape index (κ1) is 49.2. The van der Waals surface area contributed by atoms with Crippen LogP contribution in [0.2, 0.25) is 0 Å². The lowest BCUT2D eigenvalue weighted by atomic mass is 9.89. The van der Waals surface area contributed by atoms with E-state index in [9.17, 15) is 28.8 Å². The van der Waals surface area contributed by atoms with Crippen LogP contribution in [0.1, 0.15) is 70.4 Å². The Balaban J connectivity index is 0.738. The number of hydrogen-bond acceptors (Lipinski definition) is 14. The fraction of sp³-hybridized carbons (Fsp3) is 0.327. The summed E-state index contributed by atoms with van der Waals surface area (Å²) in [7, 11) is 0. The number of urea groups is 1. The largest absolute Gasteiger partial charge is 0.483 e. The first-order valence-electron chi connectivity index (χ1n) is 23.5. The SMILES string of the molecule is N#Cc1ccc(N[C@H]2CC[C@H](N(C(=O)NCc3ccccc3)c3ccc(-c4ccnc(OCCOCCOCCNC(=O)COc5cccc6c5C(=O)N(C5CCC(=O)NC5=O)C6=O)c4)cc3)CC2)nc1. The number of pyridine rings is 2. The topological polar surface area (TPSA) is 244 Å². The van der Waals surface area contributed by atoms with Gasteiger partial charge in [0.05, 0.1) is 43.1 Å². The Bertz CT molecular complexity index is 2740. The van der Waals surface area contributed by atoms with Gasteiger partial charge >= 0.3 is 6.03 Å². The second-order valence-corrected chi connectivity index (χ2v) is 17.0. The third-order valence-electron chi connectivity index (χ3n) is 12.2. The van der Waals surface area contributed by atoms with Crippen molar-refractivity contribution in [2.24, 2.45) is 0 Å². The summed E-state index contributed by atoms with van der Waals surface area (Å²) in [6.07, 6.45) is 6.55. The van der Waals surface area contributed by atoms with Gasteiger partial charge in [-0.2, -0.15) is 5.26 Å². The Labute approximate surface area is 409 Å². The summed E-state index contributed by atoms with van der Waals surface area (Å²) in [6.45, 7) is 1.46. The van der Waals surface area contributed by atoms with E-state index in [-0.39, 0.29) is 87.4 Å². The van der Waals surface area contributed by atoms with Crippen molar-refractivity contribution in [3.63, 3.8) is 0 Å². The molecule has 0 radical (unpaired) electrons. The van der Waals surface area contributed by atoms with Gasteiger partial charge in [-0.15, -0.1) is 0 Å². The molecule has 8 rings (SSSR count). The van der Waals surface area contributed by atoms with Crippen LogP contribution in [-0.4, -0.2) is 115 Å². The van der Waals surface area contributed by atoms with Gasteiger partial charge in [0.2, 0.25) is 17.7 Å². The van der Waals surface area contributed by atoms with Crippen molar-refractivity contribution in [2.45, 2.75) is 63.2 Å². The molecule has 4 N–H and O–H groups in total. The van der Waals surface area contributed by atoms with E-state index in [2.05, 4.69) is 37.3 Å². The fourth-order valence-electron chi connectivity index (χ4n) is 8.66. The zero-order chi connectivity index (χ0) is 49.5. The van der Waals surface area contributed by atoms with Crippen LogP contribution in [0.25, 0.3) is 11.1 Å². The third kappa shape index (κ3) is 12.7. The molecule has 0 spiro atoms. The summed E-state index contributed by atoms with van der Waals surface area (Å²) in [5.41, 5.74) is 4.15. The van der Waals surface area contributed by atoms with Crippen LogP contribution in [0.5, 0.6) is 11.6 Å². The number of benzene rings is 3. The molecule has 4 heterocycles. The highest BCUT2D eigenvalue weighted by atomic mass is 16.5. The van der Waals surface area contributed by atoms with Crippen molar-refractivity contribution >= 4 is 47.1 Å². The van der Waals surface area contributed by atoms with Gasteiger partial charge in [-0.05, 0) is 91.3 Å². The summed E-state index contributed by atoms with van der Waals surface area (Å²) in [5, 5.41) is 20.6. The van der Waals surface area contributed by atoms with Crippen molar-refractivity contribution in [3.8, 4) is 28.8 Å². The number of amides is 7. The monoisotopic (exact) mass is 963 g/mol. The lowest BCUT2D eigenvalue weighted by Gasteiger charge is -2.37. The Morgan fingerprint density at radius 3 is 2.30 bits per heavy atom. The van der Waals surface area contributed by atoms with E-state index in [1.165, 1.54) is 18.2 Å². The molecule has 1 unspecified atom stereocenters. The third-order valence-corrected chi connectivity index (χ3v) is 12.2. The van der Waals surface area contributed by atoms with E-state index in [0.29, 0.717) is 18.0 Å². The highest BCUT2D eigenvalue weighted by Crippen LogP contribution is 2.34. The fourth-order valence-corrected chi connectivity index (χ4v) is 8.66. The Hall–Kier alpha value is -8.21. The number of fused-ring (bicyclic) bond motifs is 1. The molecular formula is C52H53N9O10. The van der Waals surface area contributed by atoms with Crippen molar-refractivity contribution in [2.75, 3.05) is 56.4 Å². The molecule has 5 aromatic rings. The molecule has 1 aliphatic carbocycles. The Kier molecular flexibility index (Phi) is 16.6. The highest BCUT2D eigenvalue weighted by Gasteiger charge is 2.46. The maximum Gasteiger partial charge on any atom is 0.322 e. The second kappa shape index (κ2) is 23.9. The molecule has 3 aromatic carbocycles. The number of nitriles is 1. The first-order chi connectivity index (χ1) is 34.6. The molecule has 366 valence electrons. The van der Waals surface area contributed by atoms with E-state index < -0.39 is 42.2 Å². The molecule has 1 atom stereocenters. The van der Waals surface area contributed by atoms with Gasteiger partial charge in [-0.25, -0.2) is 14.8 Å². The summed E-state index contributed by atoms with van der Waals surface area (Å²) in [4.78, 5) is 88.1. The zero-order valence-electron chi connectivity index (χ0n) is 38.8. The number of ether oxygens (including phenoxy) is 4. The van der Waals surface area contributed by atoms with Gasteiger partial charge in [-0.1, -0.05) is 48.5 Å². The van der Waals surface area contributed by atoms with E-state index >= 15 is 0 Å². The predicted octanol–water partition coefficient (Wildman–Crippen LogP) is 5.16. The minimum absolute atomic E-state index is 0.000703. The molecule has 0 bridgehead atoms. The standard InChI is InChI=1S/C52H53N9O10/c53-30-35-9-19-44(56-32-35)58-38-12-16-40(17-13-38)60(52(67)57-31-34-5-2-1-3-6-34)39-14-10-36(11-15-39)37-21-22-55-47(29-37)70-28-27-69-26-25-68-24-23-54-46(63)33-71-43-8-4-7-41-48(43)51(66)61(50(41)65)42-18-20-45(62)59-49(42)64/h1-11,14-15,19,21-22,29,32,38,40,42H,12-13,16-18,20,23-28,31,33H2,(H,54,63)(H,56,58)(H,57,67)(H,59,62,64)/t38-,40-,42?. The number of anilines is 2. The molecule has 7 amide bonds. The molecule has 1 saturated heterocycles. The van der Waals surface area contributed by atoms with E-state index in [0.717, 1.165) is 58.8 Å². The molecule has 2 fully saturated rings. The quantitative estimate of drug-likeness (QED) is 0.0549. The lowest BCUT2D eigenvalue weighted by Crippen LogP contribution is -2.54. The van der Waals surface area contributed by atoms with Crippen LogP contribution in [0, 0.1) is 11.3 Å². The van der Waals surface area contributed by atoms with Gasteiger partial charge in [0, 0.05) is 55.7 Å². The van der Waals surface area contributed by atoms with Gasteiger partial charge in [0.15, 0.2) is 6.61 Å². The van der Waals surface area contributed by atoms with Crippen molar-refractivity contribution < 1.29 is 47.7 Å².